The minimum atomic E-state index is -5.63. The first-order valence-electron chi connectivity index (χ1n) is 24.2. The molecule has 390 valence electrons. The van der Waals surface area contributed by atoms with Gasteiger partial charge in [-0.15, -0.1) is 0 Å². The smallest absolute Gasteiger partial charge is 0.405 e. The van der Waals surface area contributed by atoms with E-state index in [9.17, 15) is 21.6 Å². The van der Waals surface area contributed by atoms with Crippen molar-refractivity contribution in [2.45, 2.75) is 230 Å². The monoisotopic (exact) mass is 987 g/mol. The third kappa shape index (κ3) is 17.1. The third-order valence-corrected chi connectivity index (χ3v) is 14.5. The summed E-state index contributed by atoms with van der Waals surface area (Å²) in [6, 6.07) is 24.1. The molecule has 3 aromatic rings. The molecule has 0 amide bonds. The lowest BCUT2D eigenvalue weighted by Gasteiger charge is -2.33. The summed E-state index contributed by atoms with van der Waals surface area (Å²) in [5.41, 5.74) is 0.416. The number of hydrogen-bond donors (Lipinski definition) is 0. The van der Waals surface area contributed by atoms with Crippen LogP contribution in [0.4, 0.5) is 13.2 Å². The molecule has 0 radical (unpaired) electrons. The molecule has 0 N–H and O–H groups in total. The van der Waals surface area contributed by atoms with Crippen molar-refractivity contribution in [2.75, 3.05) is 0 Å². The Morgan fingerprint density at radius 1 is 0.435 bits per heavy atom. The van der Waals surface area contributed by atoms with Gasteiger partial charge in [-0.25, -0.2) is 0 Å². The molecule has 7 nitrogen and oxygen atoms in total. The van der Waals surface area contributed by atoms with Gasteiger partial charge in [0.1, 0.15) is 5.75 Å². The Hall–Kier alpha value is -2.83. The van der Waals surface area contributed by atoms with Gasteiger partial charge in [0.15, 0.2) is 0 Å². The maximum atomic E-state index is 12.3. The van der Waals surface area contributed by atoms with Crippen LogP contribution in [0.15, 0.2) is 72.8 Å². The molecule has 5 rings (SSSR count). The summed E-state index contributed by atoms with van der Waals surface area (Å²) in [5, 5.41) is 0. The van der Waals surface area contributed by atoms with Crippen LogP contribution in [0.25, 0.3) is 11.1 Å². The average molecular weight is 987 g/mol. The Kier molecular flexibility index (Phi) is 18.9. The summed E-state index contributed by atoms with van der Waals surface area (Å²) >= 11 is 0. The quantitative estimate of drug-likeness (QED) is 0.114. The van der Waals surface area contributed by atoms with E-state index in [1.807, 2.05) is 69.2 Å². The van der Waals surface area contributed by atoms with Gasteiger partial charge < -0.3 is 22.8 Å². The summed E-state index contributed by atoms with van der Waals surface area (Å²) in [6.45, 7) is 50.0. The number of halogens is 3. The molecule has 13 heteroatoms. The Bertz CT molecular complexity index is 2090. The highest BCUT2D eigenvalue weighted by Gasteiger charge is 2.63. The van der Waals surface area contributed by atoms with Gasteiger partial charge in [-0.1, -0.05) is 172 Å². The number of hydrogen-bond acceptors (Lipinski definition) is 7. The summed E-state index contributed by atoms with van der Waals surface area (Å²) in [4.78, 5) is 0. The summed E-state index contributed by atoms with van der Waals surface area (Å²) in [5.74, 6) is -0.354. The van der Waals surface area contributed by atoms with E-state index in [1.54, 1.807) is 12.1 Å². The molecule has 2 aliphatic rings. The van der Waals surface area contributed by atoms with Gasteiger partial charge in [0.2, 0.25) is 0 Å². The van der Waals surface area contributed by atoms with Crippen LogP contribution in [0, 0.1) is 16.2 Å². The van der Waals surface area contributed by atoms with Gasteiger partial charge in [-0.3, -0.25) is 0 Å². The predicted molar refractivity (Wildman–Crippen MR) is 284 cm³/mol. The zero-order chi connectivity index (χ0) is 52.8. The lowest BCUT2D eigenvalue weighted by molar-refractivity contribution is -0.0500. The maximum Gasteiger partial charge on any atom is 0.534 e. The van der Waals surface area contributed by atoms with Gasteiger partial charge in [-0.05, 0) is 147 Å². The second kappa shape index (κ2) is 21.0. The molecule has 3 aromatic carbocycles. The fourth-order valence-electron chi connectivity index (χ4n) is 9.65. The van der Waals surface area contributed by atoms with E-state index < -0.39 is 29.6 Å². The highest BCUT2D eigenvalue weighted by molar-refractivity contribution is 7.88. The Balaban J connectivity index is 0.000000361. The van der Waals surface area contributed by atoms with E-state index in [2.05, 4.69) is 143 Å². The first kappa shape index (κ1) is 62.3. The van der Waals surface area contributed by atoms with Crippen LogP contribution in [0.2, 0.25) is 0 Å². The van der Waals surface area contributed by atoms with Gasteiger partial charge in [0, 0.05) is 0 Å². The van der Waals surface area contributed by atoms with E-state index in [0.29, 0.717) is 10.8 Å². The lowest BCUT2D eigenvalue weighted by atomic mass is 9.49. The molecule has 2 heterocycles. The normalized spacial score (nSPS) is 18.3. The van der Waals surface area contributed by atoms with Crippen molar-refractivity contribution in [1.82, 2.24) is 0 Å². The van der Waals surface area contributed by atoms with Crippen molar-refractivity contribution in [3.8, 4) is 16.9 Å². The molecule has 2 aliphatic heterocycles. The van der Waals surface area contributed by atoms with E-state index in [-0.39, 0.29) is 57.2 Å². The minimum absolute atomic E-state index is 0. The van der Waals surface area contributed by atoms with Crippen LogP contribution in [0.1, 0.15) is 203 Å². The van der Waals surface area contributed by atoms with Crippen molar-refractivity contribution in [3.63, 3.8) is 0 Å². The molecular weight excluding hydrogens is 895 g/mol. The molecule has 0 spiro atoms. The molecule has 0 aliphatic carbocycles. The molecule has 0 unspecified atom stereocenters. The van der Waals surface area contributed by atoms with Crippen LogP contribution in [0.3, 0.4) is 0 Å². The van der Waals surface area contributed by atoms with Gasteiger partial charge >= 0.3 is 29.6 Å². The van der Waals surface area contributed by atoms with Crippen molar-refractivity contribution in [2.24, 2.45) is 16.2 Å². The highest BCUT2D eigenvalue weighted by Crippen LogP contribution is 2.44. The van der Waals surface area contributed by atoms with Gasteiger partial charge in [0.25, 0.3) is 0 Å². The second-order valence-corrected chi connectivity index (χ2v) is 28.3. The molecule has 0 aromatic heterocycles. The van der Waals surface area contributed by atoms with E-state index in [0.717, 1.165) is 12.0 Å². The summed E-state index contributed by atoms with van der Waals surface area (Å²) in [7, 11) is -6.58. The van der Waals surface area contributed by atoms with E-state index in [4.69, 9.17) is 18.6 Å². The largest absolute Gasteiger partial charge is 0.534 e. The molecule has 0 bridgehead atoms. The summed E-state index contributed by atoms with van der Waals surface area (Å²) in [6.07, 6.45) is 3.22. The van der Waals surface area contributed by atoms with Crippen molar-refractivity contribution >= 4 is 24.1 Å². The maximum absolute atomic E-state index is 12.3. The van der Waals surface area contributed by atoms with Crippen molar-refractivity contribution in [3.05, 3.63) is 89.5 Å². The Morgan fingerprint density at radius 2 is 0.652 bits per heavy atom. The highest BCUT2D eigenvalue weighted by atomic mass is 32.2. The fraction of sp³-hybridized carbons (Fsp3) is 0.679. The topological polar surface area (TPSA) is 80.3 Å². The van der Waals surface area contributed by atoms with Crippen LogP contribution in [-0.2, 0) is 45.0 Å². The molecule has 0 atom stereocenters. The summed E-state index contributed by atoms with van der Waals surface area (Å²) < 4.78 is 86.6. The van der Waals surface area contributed by atoms with E-state index >= 15 is 0 Å². The van der Waals surface area contributed by atoms with Gasteiger partial charge in [0.05, 0.1) is 22.4 Å². The Labute approximate surface area is 419 Å². The van der Waals surface area contributed by atoms with Crippen LogP contribution in [0.5, 0.6) is 5.75 Å². The Morgan fingerprint density at radius 3 is 0.855 bits per heavy atom. The third-order valence-electron chi connectivity index (χ3n) is 13.5. The molecule has 0 saturated carbocycles. The predicted octanol–water partition coefficient (Wildman–Crippen LogP) is 16.3. The lowest BCUT2D eigenvalue weighted by Crippen LogP contribution is -2.41. The van der Waals surface area contributed by atoms with E-state index in [1.165, 1.54) is 47.2 Å². The van der Waals surface area contributed by atoms with Crippen molar-refractivity contribution < 1.29 is 44.4 Å². The van der Waals surface area contributed by atoms with Crippen LogP contribution >= 0.6 is 0 Å². The first-order chi connectivity index (χ1) is 30.1. The minimum Gasteiger partial charge on any atom is -0.405 e. The molecule has 69 heavy (non-hydrogen) atoms. The second-order valence-electron chi connectivity index (χ2n) is 26.8. The zero-order valence-corrected chi connectivity index (χ0v) is 46.9. The van der Waals surface area contributed by atoms with Crippen LogP contribution < -0.4 is 4.18 Å². The zero-order valence-electron chi connectivity index (χ0n) is 46.1. The van der Waals surface area contributed by atoms with Gasteiger partial charge in [-0.2, -0.15) is 21.6 Å². The standard InChI is InChI=1S/C28H42.C15H21F3O3S.C12H24B2O4.CH4/c1-25(2,3)19-27(7,8)23-15-11-21(12-16-23)22-13-17-24(18-14-22)28(9,10)20-26(4,5)6;1-13(2,3)10-14(4,5)11-6-8-12(9-7-11)21-22(19,20)15(16,17)18;1-9(2)10(3,4)16-13(15-9)14-17-11(5,6)12(7,8)18-14;/h11-18H,19-20H2,1-10H3;6-9H,10H2,1-5H3;1-8H3;1H4. The first-order valence-corrected chi connectivity index (χ1v) is 25.6. The molecular formula is C56H91B2F3O7S. The van der Waals surface area contributed by atoms with Crippen molar-refractivity contribution in [1.29, 1.82) is 0 Å². The SMILES string of the molecule is C.CC(C)(C)CC(C)(C)c1ccc(-c2ccc(C(C)(C)CC(C)(C)C)cc2)cc1.CC(C)(C)CC(C)(C)c1ccc(OS(=O)(=O)C(F)(F)F)cc1.CC1(C)OB(B2OC(C)(C)C(C)(C)O2)OC1(C)C. The number of rotatable bonds is 10. The van der Waals surface area contributed by atoms with Crippen LogP contribution in [-0.4, -0.2) is 50.3 Å². The number of benzene rings is 3. The fourth-order valence-corrected chi connectivity index (χ4v) is 10.1. The number of alkyl halides is 3. The molecule has 2 saturated heterocycles. The molecule has 2 fully saturated rings. The average Bonchev–Trinajstić information content (AvgIpc) is 3.48.